The van der Waals surface area contributed by atoms with Gasteiger partial charge in [-0.15, -0.1) is 0 Å². The maximum absolute atomic E-state index is 9.68. The molecule has 3 rings (SSSR count). The topological polar surface area (TPSA) is 33.0 Å². The molecule has 2 heteroatoms. The SMILES string of the molecule is CC1=CC2=C3[C@@H](CCC[C@]3(C#N)CC1)OCC2. The molecule has 0 aromatic carbocycles. The average Bonchev–Trinajstić information content (AvgIpc) is 2.50. The maximum Gasteiger partial charge on any atom is 0.0816 e. The number of ether oxygens (including phenoxy) is 1. The molecule has 2 atom stereocenters. The third-order valence-electron chi connectivity index (χ3n) is 4.52. The second-order valence-electron chi connectivity index (χ2n) is 5.63. The Morgan fingerprint density at radius 3 is 3.12 bits per heavy atom. The number of hydrogen-bond acceptors (Lipinski definition) is 2. The van der Waals surface area contributed by atoms with Crippen LogP contribution in [-0.4, -0.2) is 12.7 Å². The number of nitrogens with zero attached hydrogens (tertiary/aromatic N) is 1. The Bertz CT molecular complexity index is 440. The Morgan fingerprint density at radius 1 is 1.41 bits per heavy atom. The largest absolute Gasteiger partial charge is 0.373 e. The first-order chi connectivity index (χ1) is 8.25. The molecule has 0 N–H and O–H groups in total. The number of rotatable bonds is 0. The molecule has 3 aliphatic rings. The summed E-state index contributed by atoms with van der Waals surface area (Å²) in [4.78, 5) is 0. The van der Waals surface area contributed by atoms with Crippen molar-refractivity contribution in [2.45, 2.75) is 51.6 Å². The second kappa shape index (κ2) is 3.99. The molecule has 0 aromatic heterocycles. The molecular formula is C15H19NO. The van der Waals surface area contributed by atoms with Crippen LogP contribution >= 0.6 is 0 Å². The highest BCUT2D eigenvalue weighted by Crippen LogP contribution is 2.50. The van der Waals surface area contributed by atoms with Crippen LogP contribution in [0.15, 0.2) is 22.8 Å². The Morgan fingerprint density at radius 2 is 2.29 bits per heavy atom. The van der Waals surface area contributed by atoms with E-state index in [0.29, 0.717) is 0 Å². The Kier molecular flexibility index (Phi) is 2.60. The summed E-state index contributed by atoms with van der Waals surface area (Å²) < 4.78 is 5.90. The number of nitriles is 1. The summed E-state index contributed by atoms with van der Waals surface area (Å²) in [6.07, 6.45) is 8.88. The van der Waals surface area contributed by atoms with Crippen LogP contribution in [0.4, 0.5) is 0 Å². The lowest BCUT2D eigenvalue weighted by Gasteiger charge is -2.41. The first-order valence-electron chi connectivity index (χ1n) is 6.69. The molecule has 2 nitrogen and oxygen atoms in total. The smallest absolute Gasteiger partial charge is 0.0816 e. The summed E-state index contributed by atoms with van der Waals surface area (Å²) in [5, 5.41) is 9.68. The van der Waals surface area contributed by atoms with Gasteiger partial charge in [-0.05, 0) is 56.6 Å². The Labute approximate surface area is 103 Å². The van der Waals surface area contributed by atoms with Gasteiger partial charge in [0.15, 0.2) is 0 Å². The average molecular weight is 229 g/mol. The van der Waals surface area contributed by atoms with Gasteiger partial charge in [-0.3, -0.25) is 0 Å². The van der Waals surface area contributed by atoms with Crippen LogP contribution in [0.25, 0.3) is 0 Å². The third kappa shape index (κ3) is 1.65. The van der Waals surface area contributed by atoms with Crippen molar-refractivity contribution in [3.8, 4) is 6.07 Å². The molecule has 1 aliphatic heterocycles. The standard InChI is InChI=1S/C15H19NO/c1-11-4-7-15(10-16)6-2-3-13-14(15)12(9-11)5-8-17-13/h9,13H,2-8H2,1H3/t13-,15-/m1/s1. The lowest BCUT2D eigenvalue weighted by atomic mass is 9.65. The van der Waals surface area contributed by atoms with Gasteiger partial charge in [0.05, 0.1) is 24.2 Å². The fourth-order valence-corrected chi connectivity index (χ4v) is 3.66. The van der Waals surface area contributed by atoms with E-state index < -0.39 is 0 Å². The third-order valence-corrected chi connectivity index (χ3v) is 4.52. The van der Waals surface area contributed by atoms with E-state index in [1.54, 1.807) is 0 Å². The predicted octanol–water partition coefficient (Wildman–Crippen LogP) is 3.51. The molecular weight excluding hydrogens is 210 g/mol. The molecule has 2 aliphatic carbocycles. The first-order valence-corrected chi connectivity index (χ1v) is 6.69. The van der Waals surface area contributed by atoms with Gasteiger partial charge in [-0.1, -0.05) is 11.6 Å². The molecule has 0 spiro atoms. The fourth-order valence-electron chi connectivity index (χ4n) is 3.66. The van der Waals surface area contributed by atoms with Crippen molar-refractivity contribution in [3.63, 3.8) is 0 Å². The van der Waals surface area contributed by atoms with Gasteiger partial charge >= 0.3 is 0 Å². The second-order valence-corrected chi connectivity index (χ2v) is 5.63. The van der Waals surface area contributed by atoms with Crippen molar-refractivity contribution in [2.24, 2.45) is 5.41 Å². The molecule has 0 bridgehead atoms. The van der Waals surface area contributed by atoms with E-state index in [2.05, 4.69) is 19.1 Å². The van der Waals surface area contributed by atoms with E-state index in [1.165, 1.54) is 16.7 Å². The van der Waals surface area contributed by atoms with Gasteiger partial charge in [-0.2, -0.15) is 5.26 Å². The minimum absolute atomic E-state index is 0.215. The van der Waals surface area contributed by atoms with Crippen molar-refractivity contribution in [1.82, 2.24) is 0 Å². The van der Waals surface area contributed by atoms with E-state index in [4.69, 9.17) is 4.74 Å². The molecule has 0 unspecified atom stereocenters. The molecule has 17 heavy (non-hydrogen) atoms. The highest BCUT2D eigenvalue weighted by Gasteiger charge is 2.45. The van der Waals surface area contributed by atoms with E-state index in [1.807, 2.05) is 0 Å². The summed E-state index contributed by atoms with van der Waals surface area (Å²) in [5.41, 5.74) is 3.97. The molecule has 1 fully saturated rings. The van der Waals surface area contributed by atoms with Crippen LogP contribution < -0.4 is 0 Å². The molecule has 0 amide bonds. The summed E-state index contributed by atoms with van der Waals surface area (Å²) in [7, 11) is 0. The fraction of sp³-hybridized carbons (Fsp3) is 0.667. The lowest BCUT2D eigenvalue weighted by Crippen LogP contribution is -2.38. The van der Waals surface area contributed by atoms with Crippen LogP contribution in [0, 0.1) is 16.7 Å². The molecule has 1 heterocycles. The normalized spacial score (nSPS) is 36.7. The minimum atomic E-state index is -0.215. The summed E-state index contributed by atoms with van der Waals surface area (Å²) >= 11 is 0. The van der Waals surface area contributed by atoms with Crippen LogP contribution in [0.1, 0.15) is 45.4 Å². The quantitative estimate of drug-likeness (QED) is 0.637. The predicted molar refractivity (Wildman–Crippen MR) is 66.3 cm³/mol. The van der Waals surface area contributed by atoms with Crippen molar-refractivity contribution in [2.75, 3.05) is 6.61 Å². The van der Waals surface area contributed by atoms with Gasteiger partial charge in [-0.25, -0.2) is 0 Å². The van der Waals surface area contributed by atoms with E-state index in [0.717, 1.165) is 45.1 Å². The van der Waals surface area contributed by atoms with Crippen molar-refractivity contribution in [3.05, 3.63) is 22.8 Å². The van der Waals surface area contributed by atoms with Gasteiger partial charge in [0.2, 0.25) is 0 Å². The Hall–Kier alpha value is -1.07. The summed E-state index contributed by atoms with van der Waals surface area (Å²) in [5.74, 6) is 0. The molecule has 0 aromatic rings. The zero-order chi connectivity index (χ0) is 11.9. The van der Waals surface area contributed by atoms with Crippen LogP contribution in [-0.2, 0) is 4.74 Å². The number of hydrogen-bond donors (Lipinski definition) is 0. The van der Waals surface area contributed by atoms with E-state index in [-0.39, 0.29) is 11.5 Å². The highest BCUT2D eigenvalue weighted by atomic mass is 16.5. The van der Waals surface area contributed by atoms with Crippen molar-refractivity contribution < 1.29 is 4.74 Å². The van der Waals surface area contributed by atoms with Crippen LogP contribution in [0.2, 0.25) is 0 Å². The number of allylic oxidation sites excluding steroid dienone is 2. The minimum Gasteiger partial charge on any atom is -0.373 e. The van der Waals surface area contributed by atoms with Crippen LogP contribution in [0.3, 0.4) is 0 Å². The highest BCUT2D eigenvalue weighted by molar-refractivity contribution is 5.43. The van der Waals surface area contributed by atoms with E-state index >= 15 is 0 Å². The Balaban J connectivity index is 2.14. The van der Waals surface area contributed by atoms with Crippen LogP contribution in [0.5, 0.6) is 0 Å². The summed E-state index contributed by atoms with van der Waals surface area (Å²) in [6.45, 7) is 3.02. The molecule has 0 saturated heterocycles. The summed E-state index contributed by atoms with van der Waals surface area (Å²) in [6, 6.07) is 2.64. The maximum atomic E-state index is 9.68. The van der Waals surface area contributed by atoms with Gasteiger partial charge in [0.1, 0.15) is 0 Å². The van der Waals surface area contributed by atoms with Gasteiger partial charge in [0, 0.05) is 0 Å². The zero-order valence-electron chi connectivity index (χ0n) is 10.5. The first kappa shape index (κ1) is 11.0. The monoisotopic (exact) mass is 229 g/mol. The molecule has 0 radical (unpaired) electrons. The molecule has 90 valence electrons. The van der Waals surface area contributed by atoms with Crippen molar-refractivity contribution in [1.29, 1.82) is 5.26 Å². The van der Waals surface area contributed by atoms with Gasteiger partial charge in [0.25, 0.3) is 0 Å². The lowest BCUT2D eigenvalue weighted by molar-refractivity contribution is 0.0312. The zero-order valence-corrected chi connectivity index (χ0v) is 10.5. The van der Waals surface area contributed by atoms with Crippen molar-refractivity contribution >= 4 is 0 Å². The molecule has 1 saturated carbocycles. The van der Waals surface area contributed by atoms with Gasteiger partial charge < -0.3 is 4.74 Å². The van der Waals surface area contributed by atoms with E-state index in [9.17, 15) is 5.26 Å².